The first kappa shape index (κ1) is 15.1. The number of carbonyl (C=O) groups excluding carboxylic acids is 1. The Morgan fingerprint density at radius 3 is 3.18 bits per heavy atom. The standard InChI is InChI=1S/C14H20N6OS/c1-9(13-19-18-11-4-2-3-7-20(11)13)16-14(21)10-8-22-12(17-10)5-6-15/h8-9H,2-7,15H2,1H3,(H,16,21). The molecule has 2 aromatic rings. The molecule has 0 saturated carbocycles. The summed E-state index contributed by atoms with van der Waals surface area (Å²) in [7, 11) is 0. The molecule has 1 unspecified atom stereocenters. The number of aryl methyl sites for hydroxylation is 1. The molecule has 0 bridgehead atoms. The second-order valence-electron chi connectivity index (χ2n) is 5.44. The maximum absolute atomic E-state index is 12.3. The molecule has 0 aromatic carbocycles. The van der Waals surface area contributed by atoms with E-state index in [0.29, 0.717) is 18.7 Å². The van der Waals surface area contributed by atoms with Crippen molar-refractivity contribution in [1.29, 1.82) is 0 Å². The summed E-state index contributed by atoms with van der Waals surface area (Å²) in [6.45, 7) is 3.39. The van der Waals surface area contributed by atoms with Crippen molar-refractivity contribution in [3.63, 3.8) is 0 Å². The molecule has 118 valence electrons. The summed E-state index contributed by atoms with van der Waals surface area (Å²) in [5, 5.41) is 14.1. The van der Waals surface area contributed by atoms with Crippen LogP contribution in [0.2, 0.25) is 0 Å². The van der Waals surface area contributed by atoms with Gasteiger partial charge in [-0.3, -0.25) is 4.79 Å². The van der Waals surface area contributed by atoms with Crippen LogP contribution < -0.4 is 11.1 Å². The summed E-state index contributed by atoms with van der Waals surface area (Å²) >= 11 is 1.46. The third-order valence-electron chi connectivity index (χ3n) is 3.77. The number of hydrogen-bond acceptors (Lipinski definition) is 6. The summed E-state index contributed by atoms with van der Waals surface area (Å²) in [6, 6.07) is -0.188. The van der Waals surface area contributed by atoms with Crippen LogP contribution >= 0.6 is 11.3 Å². The zero-order valence-electron chi connectivity index (χ0n) is 12.6. The molecule has 1 aliphatic rings. The highest BCUT2D eigenvalue weighted by molar-refractivity contribution is 7.09. The van der Waals surface area contributed by atoms with E-state index in [1.165, 1.54) is 11.3 Å². The second-order valence-corrected chi connectivity index (χ2v) is 6.39. The van der Waals surface area contributed by atoms with Crippen LogP contribution in [-0.2, 0) is 19.4 Å². The van der Waals surface area contributed by atoms with E-state index in [-0.39, 0.29) is 11.9 Å². The van der Waals surface area contributed by atoms with Crippen LogP contribution in [0.3, 0.4) is 0 Å². The van der Waals surface area contributed by atoms with Gasteiger partial charge in [0.2, 0.25) is 0 Å². The van der Waals surface area contributed by atoms with Crippen molar-refractivity contribution in [2.24, 2.45) is 5.73 Å². The van der Waals surface area contributed by atoms with E-state index in [1.54, 1.807) is 5.38 Å². The molecule has 1 amide bonds. The first-order valence-corrected chi connectivity index (χ1v) is 8.44. The van der Waals surface area contributed by atoms with Gasteiger partial charge in [0.15, 0.2) is 5.82 Å². The van der Waals surface area contributed by atoms with Crippen molar-refractivity contribution in [3.05, 3.63) is 27.7 Å². The van der Waals surface area contributed by atoms with Crippen LogP contribution in [0, 0.1) is 0 Å². The van der Waals surface area contributed by atoms with Gasteiger partial charge in [-0.2, -0.15) is 0 Å². The third-order valence-corrected chi connectivity index (χ3v) is 4.67. The molecule has 0 aliphatic carbocycles. The number of fused-ring (bicyclic) bond motifs is 1. The lowest BCUT2D eigenvalue weighted by molar-refractivity contribution is 0.0933. The number of thiazole rings is 1. The van der Waals surface area contributed by atoms with Crippen LogP contribution in [0.1, 0.15) is 53.0 Å². The predicted molar refractivity (Wildman–Crippen MR) is 83.7 cm³/mol. The van der Waals surface area contributed by atoms with Crippen LogP contribution in [0.5, 0.6) is 0 Å². The largest absolute Gasteiger partial charge is 0.341 e. The quantitative estimate of drug-likeness (QED) is 0.858. The van der Waals surface area contributed by atoms with Crippen molar-refractivity contribution >= 4 is 17.2 Å². The van der Waals surface area contributed by atoms with Crippen LogP contribution in [0.25, 0.3) is 0 Å². The van der Waals surface area contributed by atoms with Crippen molar-refractivity contribution in [1.82, 2.24) is 25.1 Å². The lowest BCUT2D eigenvalue weighted by Crippen LogP contribution is -2.29. The molecule has 3 N–H and O–H groups in total. The predicted octanol–water partition coefficient (Wildman–Crippen LogP) is 1.06. The van der Waals surface area contributed by atoms with Gasteiger partial charge in [0.25, 0.3) is 5.91 Å². The first-order chi connectivity index (χ1) is 10.7. The minimum atomic E-state index is -0.188. The van der Waals surface area contributed by atoms with E-state index in [9.17, 15) is 4.79 Å². The molecule has 3 rings (SSSR count). The van der Waals surface area contributed by atoms with E-state index in [2.05, 4.69) is 25.1 Å². The fraction of sp³-hybridized carbons (Fsp3) is 0.571. The highest BCUT2D eigenvalue weighted by atomic mass is 32.1. The molecule has 2 aromatic heterocycles. The van der Waals surface area contributed by atoms with Gasteiger partial charge in [-0.1, -0.05) is 0 Å². The van der Waals surface area contributed by atoms with Crippen LogP contribution in [0.4, 0.5) is 0 Å². The monoisotopic (exact) mass is 320 g/mol. The van der Waals surface area contributed by atoms with E-state index in [1.807, 2.05) is 6.92 Å². The SMILES string of the molecule is CC(NC(=O)c1csc(CCN)n1)c1nnc2n1CCCC2. The highest BCUT2D eigenvalue weighted by Gasteiger charge is 2.22. The van der Waals surface area contributed by atoms with E-state index in [0.717, 1.165) is 42.5 Å². The Balaban J connectivity index is 1.69. The Bertz CT molecular complexity index is 664. The zero-order valence-corrected chi connectivity index (χ0v) is 13.4. The van der Waals surface area contributed by atoms with Gasteiger partial charge in [-0.05, 0) is 26.3 Å². The van der Waals surface area contributed by atoms with Gasteiger partial charge in [0.1, 0.15) is 11.5 Å². The minimum absolute atomic E-state index is 0.180. The van der Waals surface area contributed by atoms with Crippen LogP contribution in [0.15, 0.2) is 5.38 Å². The number of nitrogens with zero attached hydrogens (tertiary/aromatic N) is 4. The maximum Gasteiger partial charge on any atom is 0.271 e. The molecule has 0 spiro atoms. The first-order valence-electron chi connectivity index (χ1n) is 7.56. The number of rotatable bonds is 5. The Morgan fingerprint density at radius 2 is 2.36 bits per heavy atom. The van der Waals surface area contributed by atoms with Crippen LogP contribution in [-0.4, -0.2) is 32.2 Å². The molecule has 22 heavy (non-hydrogen) atoms. The molecule has 1 aliphatic heterocycles. The highest BCUT2D eigenvalue weighted by Crippen LogP contribution is 2.19. The zero-order chi connectivity index (χ0) is 15.5. The fourth-order valence-electron chi connectivity index (χ4n) is 2.64. The summed E-state index contributed by atoms with van der Waals surface area (Å²) in [6.07, 6.45) is 3.95. The Labute approximate surface area is 133 Å². The number of amides is 1. The topological polar surface area (TPSA) is 98.7 Å². The van der Waals surface area contributed by atoms with Gasteiger partial charge in [-0.15, -0.1) is 21.5 Å². The molecule has 8 heteroatoms. The molecular weight excluding hydrogens is 300 g/mol. The maximum atomic E-state index is 12.3. The third kappa shape index (κ3) is 3.02. The van der Waals surface area contributed by atoms with E-state index < -0.39 is 0 Å². The molecule has 0 fully saturated rings. The number of nitrogens with two attached hydrogens (primary N) is 1. The normalized spacial score (nSPS) is 15.4. The van der Waals surface area contributed by atoms with Crippen molar-refractivity contribution in [2.75, 3.05) is 6.54 Å². The van der Waals surface area contributed by atoms with Gasteiger partial charge in [0.05, 0.1) is 11.0 Å². The summed E-state index contributed by atoms with van der Waals surface area (Å²) in [5.74, 6) is 1.65. The average molecular weight is 320 g/mol. The van der Waals surface area contributed by atoms with Gasteiger partial charge in [0, 0.05) is 24.8 Å². The Kier molecular flexibility index (Phi) is 4.49. The Morgan fingerprint density at radius 1 is 1.50 bits per heavy atom. The van der Waals surface area contributed by atoms with Crippen molar-refractivity contribution in [2.45, 2.75) is 45.2 Å². The van der Waals surface area contributed by atoms with E-state index in [4.69, 9.17) is 5.73 Å². The number of nitrogens with one attached hydrogen (secondary N) is 1. The molecule has 3 heterocycles. The summed E-state index contributed by atoms with van der Waals surface area (Å²) < 4.78 is 2.12. The summed E-state index contributed by atoms with van der Waals surface area (Å²) in [4.78, 5) is 16.6. The van der Waals surface area contributed by atoms with Gasteiger partial charge >= 0.3 is 0 Å². The number of aromatic nitrogens is 4. The van der Waals surface area contributed by atoms with E-state index >= 15 is 0 Å². The minimum Gasteiger partial charge on any atom is -0.341 e. The second kappa shape index (κ2) is 6.53. The van der Waals surface area contributed by atoms with Gasteiger partial charge < -0.3 is 15.6 Å². The average Bonchev–Trinajstić information content (AvgIpc) is 3.14. The molecule has 0 saturated heterocycles. The molecule has 7 nitrogen and oxygen atoms in total. The molecule has 1 atom stereocenters. The van der Waals surface area contributed by atoms with Crippen molar-refractivity contribution < 1.29 is 4.79 Å². The van der Waals surface area contributed by atoms with Gasteiger partial charge in [-0.25, -0.2) is 4.98 Å². The van der Waals surface area contributed by atoms with Crippen molar-refractivity contribution in [3.8, 4) is 0 Å². The lowest BCUT2D eigenvalue weighted by Gasteiger charge is -2.18. The number of hydrogen-bond donors (Lipinski definition) is 2. The smallest absolute Gasteiger partial charge is 0.271 e. The molecule has 0 radical (unpaired) electrons. The Hall–Kier alpha value is -1.80. The molecular formula is C14H20N6OS. The number of carbonyl (C=O) groups is 1. The fourth-order valence-corrected chi connectivity index (χ4v) is 3.43. The summed E-state index contributed by atoms with van der Waals surface area (Å²) in [5.41, 5.74) is 5.95. The lowest BCUT2D eigenvalue weighted by atomic mass is 10.1.